The lowest BCUT2D eigenvalue weighted by atomic mass is 10.1. The van der Waals surface area contributed by atoms with Crippen LogP contribution in [0.25, 0.3) is 11.3 Å². The van der Waals surface area contributed by atoms with Gasteiger partial charge in [-0.15, -0.1) is 0 Å². The molecule has 0 saturated carbocycles. The molecule has 1 aromatic heterocycles. The van der Waals surface area contributed by atoms with Gasteiger partial charge in [0.05, 0.1) is 26.7 Å². The Morgan fingerprint density at radius 3 is 2.04 bits per heavy atom. The van der Waals surface area contributed by atoms with Gasteiger partial charge in [-0.25, -0.2) is 4.68 Å². The zero-order valence-electron chi connectivity index (χ0n) is 12.3. The van der Waals surface area contributed by atoms with Crippen LogP contribution in [0.15, 0.2) is 18.7 Å². The van der Waals surface area contributed by atoms with Crippen molar-refractivity contribution in [1.29, 1.82) is 5.26 Å². The minimum absolute atomic E-state index is 0.406. The molecule has 0 aliphatic rings. The third kappa shape index (κ3) is 3.45. The third-order valence-electron chi connectivity index (χ3n) is 3.23. The number of benzene rings is 1. The molecule has 0 atom stereocenters. The summed E-state index contributed by atoms with van der Waals surface area (Å²) in [5.74, 6) is -0.701. The first-order chi connectivity index (χ1) is 11.8. The molecule has 0 bridgehead atoms. The van der Waals surface area contributed by atoms with E-state index in [0.29, 0.717) is 16.8 Å². The van der Waals surface area contributed by atoms with Crippen molar-refractivity contribution in [2.45, 2.75) is 12.4 Å². The number of nitriles is 1. The molecule has 2 aromatic rings. The Morgan fingerprint density at radius 1 is 1.15 bits per heavy atom. The number of nitrogens with two attached hydrogens (primary N) is 1. The summed E-state index contributed by atoms with van der Waals surface area (Å²) in [4.78, 5) is 0. The maximum atomic E-state index is 12.9. The van der Waals surface area contributed by atoms with Gasteiger partial charge in [-0.05, 0) is 12.1 Å². The second-order valence-electron chi connectivity index (χ2n) is 4.90. The van der Waals surface area contributed by atoms with Crippen LogP contribution < -0.4 is 5.73 Å². The number of allylic oxidation sites excluding steroid dienone is 1. The lowest BCUT2D eigenvalue weighted by Gasteiger charge is -2.14. The molecule has 26 heavy (non-hydrogen) atoms. The number of nitrogens with zero attached hydrogens (tertiary/aromatic N) is 3. The van der Waals surface area contributed by atoms with Crippen molar-refractivity contribution in [3.05, 3.63) is 45.6 Å². The fourth-order valence-corrected chi connectivity index (χ4v) is 2.70. The van der Waals surface area contributed by atoms with Crippen LogP contribution in [-0.2, 0) is 6.18 Å². The van der Waals surface area contributed by atoms with Crippen LogP contribution in [-0.4, -0.2) is 16.0 Å². The lowest BCUT2D eigenvalue weighted by molar-refractivity contribution is -0.137. The molecular weight excluding hydrogens is 409 g/mol. The molecule has 1 aromatic carbocycles. The molecule has 138 valence electrons. The van der Waals surface area contributed by atoms with Crippen LogP contribution in [0.3, 0.4) is 0 Å². The van der Waals surface area contributed by atoms with Crippen LogP contribution >= 0.6 is 23.2 Å². The van der Waals surface area contributed by atoms with E-state index in [-0.39, 0.29) is 0 Å². The summed E-state index contributed by atoms with van der Waals surface area (Å²) < 4.78 is 77.6. The van der Waals surface area contributed by atoms with Crippen molar-refractivity contribution in [1.82, 2.24) is 9.78 Å². The Bertz CT molecular complexity index is 914. The first-order valence-corrected chi connectivity index (χ1v) is 7.16. The maximum absolute atomic E-state index is 12.9. The summed E-state index contributed by atoms with van der Waals surface area (Å²) >= 11 is 11.6. The summed E-state index contributed by atoms with van der Waals surface area (Å²) in [7, 11) is 0. The first kappa shape index (κ1) is 19.9. The van der Waals surface area contributed by atoms with Crippen LogP contribution in [0.5, 0.6) is 0 Å². The van der Waals surface area contributed by atoms with Crippen LogP contribution in [0.2, 0.25) is 10.0 Å². The maximum Gasteiger partial charge on any atom is 0.416 e. The van der Waals surface area contributed by atoms with Crippen molar-refractivity contribution >= 4 is 34.6 Å². The normalized spacial score (nSPS) is 12.1. The summed E-state index contributed by atoms with van der Waals surface area (Å²) in [6, 6.07) is 2.43. The number of halogens is 8. The molecule has 2 rings (SSSR count). The van der Waals surface area contributed by atoms with Gasteiger partial charge in [0.1, 0.15) is 17.6 Å². The first-order valence-electron chi connectivity index (χ1n) is 6.40. The lowest BCUT2D eigenvalue weighted by Crippen LogP contribution is -2.12. The SMILES string of the molecule is C=C(c1c(C#N)nn(-c2c(Cl)cc(C(F)(F)F)cc2Cl)c1N)C(F)(F)F. The highest BCUT2D eigenvalue weighted by Gasteiger charge is 2.38. The predicted molar refractivity (Wildman–Crippen MR) is 82.8 cm³/mol. The van der Waals surface area contributed by atoms with E-state index in [1.807, 2.05) is 0 Å². The van der Waals surface area contributed by atoms with E-state index in [4.69, 9.17) is 34.2 Å². The van der Waals surface area contributed by atoms with Gasteiger partial charge < -0.3 is 5.73 Å². The Kier molecular flexibility index (Phi) is 4.91. The molecule has 0 aliphatic carbocycles. The van der Waals surface area contributed by atoms with Crippen molar-refractivity contribution in [2.24, 2.45) is 0 Å². The van der Waals surface area contributed by atoms with Gasteiger partial charge in [-0.3, -0.25) is 0 Å². The molecule has 0 amide bonds. The monoisotopic (exact) mass is 414 g/mol. The summed E-state index contributed by atoms with van der Waals surface area (Å²) in [5, 5.41) is 11.4. The highest BCUT2D eigenvalue weighted by Crippen LogP contribution is 2.41. The minimum atomic E-state index is -4.92. The Balaban J connectivity index is 2.75. The van der Waals surface area contributed by atoms with Crippen LogP contribution in [0, 0.1) is 11.3 Å². The molecule has 1 heterocycles. The molecule has 0 fully saturated rings. The van der Waals surface area contributed by atoms with E-state index in [1.54, 1.807) is 0 Å². The number of nitrogen functional groups attached to an aromatic ring is 1. The second-order valence-corrected chi connectivity index (χ2v) is 5.71. The fourth-order valence-electron chi connectivity index (χ4n) is 2.05. The topological polar surface area (TPSA) is 67.6 Å². The Morgan fingerprint density at radius 2 is 1.65 bits per heavy atom. The number of alkyl halides is 6. The van der Waals surface area contributed by atoms with E-state index in [9.17, 15) is 26.3 Å². The van der Waals surface area contributed by atoms with Gasteiger partial charge in [0.15, 0.2) is 5.69 Å². The van der Waals surface area contributed by atoms with Gasteiger partial charge in [-0.2, -0.15) is 36.7 Å². The summed E-state index contributed by atoms with van der Waals surface area (Å²) in [6.45, 7) is 2.84. The zero-order valence-corrected chi connectivity index (χ0v) is 13.8. The summed E-state index contributed by atoms with van der Waals surface area (Å²) in [6.07, 6.45) is -9.67. The summed E-state index contributed by atoms with van der Waals surface area (Å²) in [5.41, 5.74) is 1.04. The molecule has 12 heteroatoms. The van der Waals surface area contributed by atoms with Crippen LogP contribution in [0.1, 0.15) is 16.8 Å². The minimum Gasteiger partial charge on any atom is -0.383 e. The van der Waals surface area contributed by atoms with Gasteiger partial charge in [0.2, 0.25) is 0 Å². The standard InChI is InChI=1S/C14H6Cl2F6N4/c1-5(13(17,18)19)10-9(4-23)25-26(12(10)24)11-7(15)2-6(3-8(11)16)14(20,21)22/h2-3H,1,24H2. The number of rotatable bonds is 2. The Hall–Kier alpha value is -2.38. The van der Waals surface area contributed by atoms with Gasteiger partial charge >= 0.3 is 12.4 Å². The number of hydrogen-bond acceptors (Lipinski definition) is 3. The highest BCUT2D eigenvalue weighted by molar-refractivity contribution is 6.38. The number of aromatic nitrogens is 2. The quantitative estimate of drug-likeness (QED) is 0.684. The molecule has 0 spiro atoms. The van der Waals surface area contributed by atoms with Crippen molar-refractivity contribution in [3.8, 4) is 11.8 Å². The molecule has 0 radical (unpaired) electrons. The number of hydrogen-bond donors (Lipinski definition) is 1. The van der Waals surface area contributed by atoms with Crippen LogP contribution in [0.4, 0.5) is 32.2 Å². The van der Waals surface area contributed by atoms with Gasteiger partial charge in [0.25, 0.3) is 0 Å². The fraction of sp³-hybridized carbons (Fsp3) is 0.143. The Labute approximate surface area is 152 Å². The van der Waals surface area contributed by atoms with Crippen molar-refractivity contribution in [3.63, 3.8) is 0 Å². The van der Waals surface area contributed by atoms with E-state index in [1.165, 1.54) is 6.07 Å². The zero-order chi connectivity index (χ0) is 20.0. The van der Waals surface area contributed by atoms with E-state index >= 15 is 0 Å². The average Bonchev–Trinajstić information content (AvgIpc) is 2.80. The van der Waals surface area contributed by atoms with Crippen molar-refractivity contribution < 1.29 is 26.3 Å². The molecule has 0 unspecified atom stereocenters. The largest absolute Gasteiger partial charge is 0.416 e. The molecule has 2 N–H and O–H groups in total. The van der Waals surface area contributed by atoms with E-state index in [2.05, 4.69) is 11.7 Å². The van der Waals surface area contributed by atoms with E-state index < -0.39 is 56.3 Å². The van der Waals surface area contributed by atoms with Gasteiger partial charge in [0, 0.05) is 0 Å². The molecular formula is C14H6Cl2F6N4. The van der Waals surface area contributed by atoms with Gasteiger partial charge in [-0.1, -0.05) is 29.8 Å². The smallest absolute Gasteiger partial charge is 0.383 e. The number of anilines is 1. The third-order valence-corrected chi connectivity index (χ3v) is 3.80. The highest BCUT2D eigenvalue weighted by atomic mass is 35.5. The molecule has 4 nitrogen and oxygen atoms in total. The van der Waals surface area contributed by atoms with E-state index in [0.717, 1.165) is 0 Å². The second kappa shape index (κ2) is 6.41. The predicted octanol–water partition coefficient (Wildman–Crippen LogP) is 5.23. The average molecular weight is 415 g/mol. The molecule has 0 aliphatic heterocycles. The van der Waals surface area contributed by atoms with Crippen molar-refractivity contribution in [2.75, 3.05) is 5.73 Å². The molecule has 0 saturated heterocycles.